The second-order valence-electron chi connectivity index (χ2n) is 8.48. The number of nitrogens with zero attached hydrogens (tertiary/aromatic N) is 1. The summed E-state index contributed by atoms with van der Waals surface area (Å²) in [5, 5.41) is 3.72. The average molecular weight is 542 g/mol. The van der Waals surface area contributed by atoms with Crippen molar-refractivity contribution in [3.8, 4) is 0 Å². The quantitative estimate of drug-likeness (QED) is 0.332. The van der Waals surface area contributed by atoms with Crippen LogP contribution in [-0.2, 0) is 29.0 Å². The standard InChI is InChI=1S/C28H30BrClN2O2/c1-3-20(2)31-28(34)26(17-21-8-5-4-6-9-21)32(19-23-10-7-11-24(29)16-23)27(33)18-22-12-14-25(30)15-13-22/h4-16,20,26H,3,17-19H2,1-2H3,(H,31,34)/t20-,26-/m0/s1. The number of rotatable bonds is 10. The van der Waals surface area contributed by atoms with Gasteiger partial charge >= 0.3 is 0 Å². The molecule has 4 nitrogen and oxygen atoms in total. The van der Waals surface area contributed by atoms with E-state index in [1.807, 2.05) is 80.6 Å². The third-order valence-electron chi connectivity index (χ3n) is 5.78. The molecule has 6 heteroatoms. The zero-order valence-corrected chi connectivity index (χ0v) is 21.9. The van der Waals surface area contributed by atoms with Crippen LogP contribution < -0.4 is 5.32 Å². The Morgan fingerprint density at radius 1 is 0.941 bits per heavy atom. The monoisotopic (exact) mass is 540 g/mol. The van der Waals surface area contributed by atoms with Gasteiger partial charge in [-0.1, -0.05) is 89.1 Å². The summed E-state index contributed by atoms with van der Waals surface area (Å²) in [6.07, 6.45) is 1.44. The summed E-state index contributed by atoms with van der Waals surface area (Å²) in [6, 6.07) is 24.3. The normalized spacial score (nSPS) is 12.6. The fourth-order valence-electron chi connectivity index (χ4n) is 3.71. The predicted molar refractivity (Wildman–Crippen MR) is 142 cm³/mol. The zero-order valence-electron chi connectivity index (χ0n) is 19.5. The predicted octanol–water partition coefficient (Wildman–Crippen LogP) is 6.20. The summed E-state index contributed by atoms with van der Waals surface area (Å²) in [5.41, 5.74) is 2.81. The highest BCUT2D eigenvalue weighted by molar-refractivity contribution is 9.10. The first-order valence-corrected chi connectivity index (χ1v) is 12.7. The van der Waals surface area contributed by atoms with Crippen LogP contribution in [0.4, 0.5) is 0 Å². The lowest BCUT2D eigenvalue weighted by Gasteiger charge is -2.32. The van der Waals surface area contributed by atoms with Gasteiger partial charge in [0, 0.05) is 28.5 Å². The van der Waals surface area contributed by atoms with Gasteiger partial charge in [0.15, 0.2) is 0 Å². The van der Waals surface area contributed by atoms with Gasteiger partial charge in [-0.15, -0.1) is 0 Å². The third kappa shape index (κ3) is 7.71. The van der Waals surface area contributed by atoms with E-state index in [4.69, 9.17) is 11.6 Å². The molecular weight excluding hydrogens is 512 g/mol. The Bertz CT molecular complexity index is 1090. The second kappa shape index (κ2) is 12.7. The van der Waals surface area contributed by atoms with E-state index in [0.717, 1.165) is 27.6 Å². The SMILES string of the molecule is CC[C@H](C)NC(=O)[C@H](Cc1ccccc1)N(Cc1cccc(Br)c1)C(=O)Cc1ccc(Cl)cc1. The Labute approximate surface area is 215 Å². The van der Waals surface area contributed by atoms with E-state index >= 15 is 0 Å². The lowest BCUT2D eigenvalue weighted by Crippen LogP contribution is -2.52. The van der Waals surface area contributed by atoms with Gasteiger partial charge in [0.05, 0.1) is 6.42 Å². The van der Waals surface area contributed by atoms with Gasteiger partial charge in [0.2, 0.25) is 11.8 Å². The maximum Gasteiger partial charge on any atom is 0.243 e. The van der Waals surface area contributed by atoms with Gasteiger partial charge in [0.1, 0.15) is 6.04 Å². The number of benzene rings is 3. The Morgan fingerprint density at radius 2 is 1.62 bits per heavy atom. The van der Waals surface area contributed by atoms with Crippen molar-refractivity contribution in [3.05, 3.63) is 105 Å². The molecule has 0 unspecified atom stereocenters. The first kappa shape index (κ1) is 26.0. The molecule has 2 amide bonds. The number of carbonyl (C=O) groups is 2. The molecule has 0 fully saturated rings. The Balaban J connectivity index is 1.96. The van der Waals surface area contributed by atoms with E-state index in [1.54, 1.807) is 17.0 Å². The maximum atomic E-state index is 13.7. The Morgan fingerprint density at radius 3 is 2.26 bits per heavy atom. The average Bonchev–Trinajstić information content (AvgIpc) is 2.83. The Hall–Kier alpha value is -2.63. The second-order valence-corrected chi connectivity index (χ2v) is 9.83. The molecule has 0 bridgehead atoms. The van der Waals surface area contributed by atoms with Crippen LogP contribution in [0.3, 0.4) is 0 Å². The van der Waals surface area contributed by atoms with Crippen LogP contribution in [0.5, 0.6) is 0 Å². The van der Waals surface area contributed by atoms with E-state index in [2.05, 4.69) is 21.2 Å². The summed E-state index contributed by atoms with van der Waals surface area (Å²) >= 11 is 9.54. The molecule has 2 atom stereocenters. The molecule has 178 valence electrons. The van der Waals surface area contributed by atoms with Crippen molar-refractivity contribution in [1.29, 1.82) is 0 Å². The molecular formula is C28H30BrClN2O2. The highest BCUT2D eigenvalue weighted by Crippen LogP contribution is 2.20. The van der Waals surface area contributed by atoms with E-state index in [0.29, 0.717) is 18.0 Å². The molecule has 3 aromatic carbocycles. The molecule has 0 aliphatic heterocycles. The van der Waals surface area contributed by atoms with Gasteiger partial charge < -0.3 is 10.2 Å². The number of carbonyl (C=O) groups excluding carboxylic acids is 2. The molecule has 0 saturated heterocycles. The lowest BCUT2D eigenvalue weighted by molar-refractivity contribution is -0.141. The summed E-state index contributed by atoms with van der Waals surface area (Å²) in [4.78, 5) is 28.9. The van der Waals surface area contributed by atoms with E-state index in [9.17, 15) is 9.59 Å². The van der Waals surface area contributed by atoms with Crippen molar-refractivity contribution in [1.82, 2.24) is 10.2 Å². The number of halogens is 2. The third-order valence-corrected chi connectivity index (χ3v) is 6.53. The number of hydrogen-bond acceptors (Lipinski definition) is 2. The molecule has 0 radical (unpaired) electrons. The number of nitrogens with one attached hydrogen (secondary N) is 1. The van der Waals surface area contributed by atoms with E-state index in [-0.39, 0.29) is 24.3 Å². The first-order chi connectivity index (χ1) is 16.4. The molecule has 3 aromatic rings. The Kier molecular flexibility index (Phi) is 9.73. The van der Waals surface area contributed by atoms with Crippen LogP contribution in [0, 0.1) is 0 Å². The van der Waals surface area contributed by atoms with Crippen LogP contribution in [0.25, 0.3) is 0 Å². The smallest absolute Gasteiger partial charge is 0.243 e. The minimum absolute atomic E-state index is 0.0184. The first-order valence-electron chi connectivity index (χ1n) is 11.5. The highest BCUT2D eigenvalue weighted by atomic mass is 79.9. The lowest BCUT2D eigenvalue weighted by atomic mass is 10.0. The number of amides is 2. The van der Waals surface area contributed by atoms with Gasteiger partial charge in [-0.05, 0) is 54.3 Å². The van der Waals surface area contributed by atoms with Gasteiger partial charge in [-0.25, -0.2) is 0 Å². The molecule has 0 spiro atoms. The maximum absolute atomic E-state index is 13.7. The topological polar surface area (TPSA) is 49.4 Å². The van der Waals surface area contributed by atoms with Crippen LogP contribution in [0.15, 0.2) is 83.3 Å². The van der Waals surface area contributed by atoms with E-state index < -0.39 is 6.04 Å². The molecule has 0 aliphatic rings. The largest absolute Gasteiger partial charge is 0.352 e. The number of hydrogen-bond donors (Lipinski definition) is 1. The summed E-state index contributed by atoms with van der Waals surface area (Å²) in [5.74, 6) is -0.250. The zero-order chi connectivity index (χ0) is 24.5. The van der Waals surface area contributed by atoms with Crippen molar-refractivity contribution >= 4 is 39.3 Å². The highest BCUT2D eigenvalue weighted by Gasteiger charge is 2.31. The summed E-state index contributed by atoms with van der Waals surface area (Å²) < 4.78 is 0.929. The van der Waals surface area contributed by atoms with Crippen molar-refractivity contribution in [2.45, 2.75) is 51.7 Å². The van der Waals surface area contributed by atoms with Crippen LogP contribution in [0.2, 0.25) is 5.02 Å². The van der Waals surface area contributed by atoms with Gasteiger partial charge in [-0.2, -0.15) is 0 Å². The van der Waals surface area contributed by atoms with Crippen molar-refractivity contribution in [2.24, 2.45) is 0 Å². The van der Waals surface area contributed by atoms with Crippen LogP contribution >= 0.6 is 27.5 Å². The molecule has 0 saturated carbocycles. The van der Waals surface area contributed by atoms with E-state index in [1.165, 1.54) is 0 Å². The summed E-state index contributed by atoms with van der Waals surface area (Å²) in [7, 11) is 0. The van der Waals surface area contributed by atoms with Crippen molar-refractivity contribution < 1.29 is 9.59 Å². The minimum Gasteiger partial charge on any atom is -0.352 e. The molecule has 0 aliphatic carbocycles. The van der Waals surface area contributed by atoms with Crippen molar-refractivity contribution in [3.63, 3.8) is 0 Å². The van der Waals surface area contributed by atoms with Crippen LogP contribution in [0.1, 0.15) is 37.0 Å². The molecule has 0 heterocycles. The fourth-order valence-corrected chi connectivity index (χ4v) is 4.28. The molecule has 3 rings (SSSR count). The van der Waals surface area contributed by atoms with Gasteiger partial charge in [0.25, 0.3) is 0 Å². The fraction of sp³-hybridized carbons (Fsp3) is 0.286. The molecule has 34 heavy (non-hydrogen) atoms. The minimum atomic E-state index is -0.643. The molecule has 1 N–H and O–H groups in total. The molecule has 0 aromatic heterocycles. The van der Waals surface area contributed by atoms with Crippen molar-refractivity contribution in [2.75, 3.05) is 0 Å². The van der Waals surface area contributed by atoms with Gasteiger partial charge in [-0.3, -0.25) is 9.59 Å². The van der Waals surface area contributed by atoms with Crippen LogP contribution in [-0.4, -0.2) is 28.8 Å². The summed E-state index contributed by atoms with van der Waals surface area (Å²) in [6.45, 7) is 4.34.